The van der Waals surface area contributed by atoms with Gasteiger partial charge in [-0.1, -0.05) is 13.8 Å². The number of hydrogen-bond donors (Lipinski definition) is 1. The topological polar surface area (TPSA) is 80.5 Å². The van der Waals surface area contributed by atoms with Crippen LogP contribution < -0.4 is 5.69 Å². The van der Waals surface area contributed by atoms with E-state index in [4.69, 9.17) is 4.74 Å². The number of ether oxygens (including phenoxy) is 1. The normalized spacial score (nSPS) is 23.7. The highest BCUT2D eigenvalue weighted by Crippen LogP contribution is 2.42. The first-order valence-electron chi connectivity index (χ1n) is 14.7. The molecule has 1 aromatic carbocycles. The predicted octanol–water partition coefficient (Wildman–Crippen LogP) is 5.38. The summed E-state index contributed by atoms with van der Waals surface area (Å²) in [6, 6.07) is 5.35. The van der Waals surface area contributed by atoms with Crippen molar-refractivity contribution in [2.45, 2.75) is 84.2 Å². The van der Waals surface area contributed by atoms with Gasteiger partial charge in [0.05, 0.1) is 24.2 Å². The highest BCUT2D eigenvalue weighted by atomic mass is 16.5. The van der Waals surface area contributed by atoms with Crippen molar-refractivity contribution in [3.63, 3.8) is 0 Å². The summed E-state index contributed by atoms with van der Waals surface area (Å²) in [7, 11) is 0. The monoisotopic (exact) mass is 528 g/mol. The van der Waals surface area contributed by atoms with Crippen LogP contribution in [0.4, 0.5) is 0 Å². The molecule has 2 aliphatic heterocycles. The van der Waals surface area contributed by atoms with Crippen molar-refractivity contribution in [2.75, 3.05) is 26.3 Å². The van der Waals surface area contributed by atoms with E-state index in [-0.39, 0.29) is 11.7 Å². The van der Waals surface area contributed by atoms with Gasteiger partial charge in [0.25, 0.3) is 0 Å². The quantitative estimate of drug-likeness (QED) is 0.385. The third-order valence-corrected chi connectivity index (χ3v) is 10.1. The molecule has 206 valence electrons. The number of benzene rings is 1. The van der Waals surface area contributed by atoms with Crippen LogP contribution in [0.25, 0.3) is 27.8 Å². The average Bonchev–Trinajstić information content (AvgIpc) is 3.52. The van der Waals surface area contributed by atoms with Gasteiger partial charge in [0, 0.05) is 29.3 Å². The van der Waals surface area contributed by atoms with E-state index < -0.39 is 0 Å². The number of H-pyrrole nitrogens is 1. The number of imidazole rings is 1. The van der Waals surface area contributed by atoms with E-state index in [1.165, 1.54) is 49.9 Å². The lowest BCUT2D eigenvalue weighted by Gasteiger charge is -2.49. The van der Waals surface area contributed by atoms with E-state index in [0.29, 0.717) is 17.4 Å². The molecule has 5 heterocycles. The van der Waals surface area contributed by atoms with E-state index in [9.17, 15) is 4.79 Å². The largest absolute Gasteiger partial charge is 0.380 e. The Labute approximate surface area is 229 Å². The summed E-state index contributed by atoms with van der Waals surface area (Å²) in [4.78, 5) is 23.7. The number of nitrogens with one attached hydrogen (secondary N) is 1. The molecule has 3 fully saturated rings. The van der Waals surface area contributed by atoms with E-state index in [1.807, 2.05) is 4.52 Å². The molecule has 0 amide bonds. The smallest absolute Gasteiger partial charge is 0.326 e. The summed E-state index contributed by atoms with van der Waals surface area (Å²) in [6.45, 7) is 13.1. The van der Waals surface area contributed by atoms with E-state index in [0.717, 1.165) is 59.4 Å². The number of hydrogen-bond acceptors (Lipinski definition) is 5. The molecule has 3 aromatic heterocycles. The molecule has 2 saturated heterocycles. The Bertz CT molecular complexity index is 1590. The molecule has 0 bridgehead atoms. The molecule has 1 N–H and O–H groups in total. The standard InChI is InChI=1S/C31H40N6O2/c1-19(2)24-14-28-27(13-25(24)26-15-36-29(32-18-33-36)21(4)20(26)3)34-30(38)37(28)23-7-5-22(6-8-23)35-11-9-31(10-12-35)16-39-17-31/h13-15,18-19,22-23H,5-12,16-17H2,1-4H3,(H,34,38). The number of rotatable bonds is 4. The van der Waals surface area contributed by atoms with Gasteiger partial charge >= 0.3 is 5.69 Å². The molecular formula is C31H40N6O2. The fourth-order valence-electron chi connectivity index (χ4n) is 7.46. The maximum Gasteiger partial charge on any atom is 0.326 e. The molecule has 39 heavy (non-hydrogen) atoms. The van der Waals surface area contributed by atoms with Crippen molar-refractivity contribution in [3.8, 4) is 11.1 Å². The van der Waals surface area contributed by atoms with Gasteiger partial charge in [-0.05, 0) is 106 Å². The Kier molecular flexibility index (Phi) is 5.97. The zero-order valence-corrected chi connectivity index (χ0v) is 23.7. The Morgan fingerprint density at radius 2 is 1.72 bits per heavy atom. The van der Waals surface area contributed by atoms with Crippen molar-refractivity contribution in [1.29, 1.82) is 0 Å². The van der Waals surface area contributed by atoms with Crippen LogP contribution in [-0.2, 0) is 4.74 Å². The summed E-state index contributed by atoms with van der Waals surface area (Å²) < 4.78 is 9.45. The van der Waals surface area contributed by atoms with Gasteiger partial charge < -0.3 is 14.6 Å². The first kappa shape index (κ1) is 25.0. The fourth-order valence-corrected chi connectivity index (χ4v) is 7.46. The van der Waals surface area contributed by atoms with Crippen molar-refractivity contribution in [1.82, 2.24) is 29.0 Å². The minimum Gasteiger partial charge on any atom is -0.380 e. The lowest BCUT2D eigenvalue weighted by atomic mass is 9.76. The molecule has 1 saturated carbocycles. The Hall–Kier alpha value is -2.97. The van der Waals surface area contributed by atoms with Crippen LogP contribution in [-0.4, -0.2) is 61.4 Å². The molecule has 1 spiro atoms. The second-order valence-electron chi connectivity index (χ2n) is 12.7. The van der Waals surface area contributed by atoms with Gasteiger partial charge in [-0.15, -0.1) is 0 Å². The van der Waals surface area contributed by atoms with Crippen LogP contribution in [0.2, 0.25) is 0 Å². The number of pyridine rings is 1. The number of nitrogens with zero attached hydrogens (tertiary/aromatic N) is 5. The molecular weight excluding hydrogens is 488 g/mol. The first-order valence-corrected chi connectivity index (χ1v) is 14.7. The number of aromatic amines is 1. The van der Waals surface area contributed by atoms with Crippen LogP contribution in [0.15, 0.2) is 29.5 Å². The average molecular weight is 529 g/mol. The zero-order valence-electron chi connectivity index (χ0n) is 23.7. The third kappa shape index (κ3) is 4.06. The van der Waals surface area contributed by atoms with Gasteiger partial charge in [-0.3, -0.25) is 4.57 Å². The summed E-state index contributed by atoms with van der Waals surface area (Å²) in [5, 5.41) is 4.41. The first-order chi connectivity index (χ1) is 18.8. The van der Waals surface area contributed by atoms with Crippen LogP contribution in [0.3, 0.4) is 0 Å². The van der Waals surface area contributed by atoms with Gasteiger partial charge in [0.1, 0.15) is 6.33 Å². The minimum absolute atomic E-state index is 0.0184. The molecule has 4 aromatic rings. The van der Waals surface area contributed by atoms with Crippen molar-refractivity contribution in [3.05, 3.63) is 51.8 Å². The highest BCUT2D eigenvalue weighted by Gasteiger charge is 2.42. The molecule has 0 radical (unpaired) electrons. The summed E-state index contributed by atoms with van der Waals surface area (Å²) in [6.07, 6.45) is 10.7. The number of piperidine rings is 1. The SMILES string of the molecule is Cc1c(-c2cc3[nH]c(=O)n(C4CCC(N5CCC6(CC5)COC6)CC4)c3cc2C(C)C)cn2ncnc2c1C. The maximum atomic E-state index is 13.4. The Morgan fingerprint density at radius 3 is 2.38 bits per heavy atom. The maximum absolute atomic E-state index is 13.4. The van der Waals surface area contributed by atoms with E-state index >= 15 is 0 Å². The number of likely N-dealkylation sites (tertiary alicyclic amines) is 1. The molecule has 3 aliphatic rings. The molecule has 1 aliphatic carbocycles. The molecule has 0 unspecified atom stereocenters. The van der Waals surface area contributed by atoms with Gasteiger partial charge in [0.2, 0.25) is 0 Å². The third-order valence-electron chi connectivity index (χ3n) is 10.1. The van der Waals surface area contributed by atoms with Crippen LogP contribution in [0, 0.1) is 19.3 Å². The van der Waals surface area contributed by atoms with Gasteiger partial charge in [0.15, 0.2) is 5.65 Å². The Morgan fingerprint density at radius 1 is 1.00 bits per heavy atom. The Balaban J connectivity index is 1.19. The molecule has 8 heteroatoms. The lowest BCUT2D eigenvalue weighted by molar-refractivity contribution is -0.143. The summed E-state index contributed by atoms with van der Waals surface area (Å²) in [5.74, 6) is 0.313. The molecule has 0 atom stereocenters. The van der Waals surface area contributed by atoms with Crippen LogP contribution in [0.1, 0.15) is 81.0 Å². The van der Waals surface area contributed by atoms with E-state index in [1.54, 1.807) is 6.33 Å². The summed E-state index contributed by atoms with van der Waals surface area (Å²) in [5.41, 5.74) is 9.24. The van der Waals surface area contributed by atoms with Crippen LogP contribution in [0.5, 0.6) is 0 Å². The number of fused-ring (bicyclic) bond motifs is 2. The second kappa shape index (κ2) is 9.30. The fraction of sp³-hybridized carbons (Fsp3) is 0.581. The molecule has 7 rings (SSSR count). The lowest BCUT2D eigenvalue weighted by Crippen LogP contribution is -2.53. The highest BCUT2D eigenvalue weighted by molar-refractivity contribution is 5.86. The number of aromatic nitrogens is 5. The molecule has 8 nitrogen and oxygen atoms in total. The van der Waals surface area contributed by atoms with E-state index in [2.05, 4.69) is 70.6 Å². The van der Waals surface area contributed by atoms with Crippen molar-refractivity contribution in [2.24, 2.45) is 5.41 Å². The van der Waals surface area contributed by atoms with Gasteiger partial charge in [-0.25, -0.2) is 14.3 Å². The van der Waals surface area contributed by atoms with Crippen molar-refractivity contribution >= 4 is 16.7 Å². The zero-order chi connectivity index (χ0) is 26.9. The second-order valence-corrected chi connectivity index (χ2v) is 12.7. The van der Waals surface area contributed by atoms with Gasteiger partial charge in [-0.2, -0.15) is 5.10 Å². The number of aryl methyl sites for hydroxylation is 1. The summed E-state index contributed by atoms with van der Waals surface area (Å²) >= 11 is 0. The van der Waals surface area contributed by atoms with Crippen LogP contribution >= 0.6 is 0 Å². The minimum atomic E-state index is 0.0184. The van der Waals surface area contributed by atoms with Crippen molar-refractivity contribution < 1.29 is 4.74 Å². The predicted molar refractivity (Wildman–Crippen MR) is 153 cm³/mol.